The second-order valence-corrected chi connectivity index (χ2v) is 13.7. The molecule has 0 aromatic rings. The average molecular weight is 459 g/mol. The molecule has 5 aliphatic rings. The zero-order chi connectivity index (χ0) is 24.1. The van der Waals surface area contributed by atoms with Crippen LogP contribution in [0.4, 0.5) is 0 Å². The molecule has 5 rings (SSSR count). The van der Waals surface area contributed by atoms with Gasteiger partial charge in [-0.05, 0) is 84.7 Å². The van der Waals surface area contributed by atoms with Crippen LogP contribution in [0, 0.1) is 45.3 Å². The van der Waals surface area contributed by atoms with Gasteiger partial charge >= 0.3 is 0 Å². The molecule has 0 aromatic heterocycles. The third-order valence-corrected chi connectivity index (χ3v) is 12.0. The Kier molecular flexibility index (Phi) is 5.40. The fourth-order valence-corrected chi connectivity index (χ4v) is 10.0. The van der Waals surface area contributed by atoms with Crippen LogP contribution in [-0.4, -0.2) is 45.3 Å². The van der Waals surface area contributed by atoms with E-state index in [2.05, 4.69) is 47.6 Å². The predicted octanol–water partition coefficient (Wildman–Crippen LogP) is 4.61. The quantitative estimate of drug-likeness (QED) is 0.487. The summed E-state index contributed by atoms with van der Waals surface area (Å²) in [6.45, 7) is 13.6. The molecule has 4 heteroatoms. The zero-order valence-electron chi connectivity index (χ0n) is 21.6. The molecule has 5 aliphatic carbocycles. The van der Waals surface area contributed by atoms with Gasteiger partial charge in [0.1, 0.15) is 0 Å². The van der Waals surface area contributed by atoms with Gasteiger partial charge in [0.2, 0.25) is 0 Å². The Bertz CT molecular complexity index is 886. The first-order chi connectivity index (χ1) is 15.3. The first kappa shape index (κ1) is 24.0. The van der Waals surface area contributed by atoms with E-state index >= 15 is 0 Å². The van der Waals surface area contributed by atoms with E-state index in [-0.39, 0.29) is 46.2 Å². The summed E-state index contributed by atoms with van der Waals surface area (Å²) >= 11 is 0. The highest BCUT2D eigenvalue weighted by Crippen LogP contribution is 2.74. The van der Waals surface area contributed by atoms with Crippen LogP contribution in [0.5, 0.6) is 0 Å². The molecule has 0 amide bonds. The van der Waals surface area contributed by atoms with E-state index in [1.165, 1.54) is 16.7 Å². The SMILES string of the molecule is CC(C)[C@@H]1C[C@@H](O)[C@H]2[C@@]1(CO)CC[C@@]1(C)[C@H]3C(=CC[C@]21C)C1=C(C[C@@H]3O)C(C)(C)[C@@H](O)CC1. The first-order valence-corrected chi connectivity index (χ1v) is 13.4. The Hall–Kier alpha value is -0.680. The first-order valence-electron chi connectivity index (χ1n) is 13.4. The Morgan fingerprint density at radius 1 is 1.00 bits per heavy atom. The third kappa shape index (κ3) is 2.84. The third-order valence-electron chi connectivity index (χ3n) is 12.0. The van der Waals surface area contributed by atoms with Crippen LogP contribution in [0.25, 0.3) is 0 Å². The van der Waals surface area contributed by atoms with Crippen molar-refractivity contribution in [2.75, 3.05) is 6.61 Å². The van der Waals surface area contributed by atoms with Gasteiger partial charge in [-0.3, -0.25) is 0 Å². The van der Waals surface area contributed by atoms with Gasteiger partial charge in [-0.2, -0.15) is 0 Å². The lowest BCUT2D eigenvalue weighted by Crippen LogP contribution is -2.63. The minimum Gasteiger partial charge on any atom is -0.396 e. The summed E-state index contributed by atoms with van der Waals surface area (Å²) < 4.78 is 0. The largest absolute Gasteiger partial charge is 0.396 e. The summed E-state index contributed by atoms with van der Waals surface area (Å²) in [6.07, 6.45) is 7.04. The van der Waals surface area contributed by atoms with E-state index in [0.717, 1.165) is 38.5 Å². The normalized spacial score (nSPS) is 50.9. The molecule has 33 heavy (non-hydrogen) atoms. The lowest BCUT2D eigenvalue weighted by molar-refractivity contribution is -0.191. The van der Waals surface area contributed by atoms with Gasteiger partial charge in [0.05, 0.1) is 18.3 Å². The molecule has 2 fully saturated rings. The molecule has 0 aliphatic heterocycles. The van der Waals surface area contributed by atoms with Gasteiger partial charge < -0.3 is 20.4 Å². The van der Waals surface area contributed by atoms with Crippen molar-refractivity contribution >= 4 is 0 Å². The molecule has 4 nitrogen and oxygen atoms in total. The molecule has 186 valence electrons. The fourth-order valence-electron chi connectivity index (χ4n) is 10.0. The van der Waals surface area contributed by atoms with E-state index < -0.39 is 12.2 Å². The van der Waals surface area contributed by atoms with Crippen molar-refractivity contribution in [2.24, 2.45) is 45.3 Å². The van der Waals surface area contributed by atoms with Gasteiger partial charge in [-0.25, -0.2) is 0 Å². The Morgan fingerprint density at radius 3 is 2.33 bits per heavy atom. The van der Waals surface area contributed by atoms with E-state index in [4.69, 9.17) is 0 Å². The zero-order valence-corrected chi connectivity index (χ0v) is 21.6. The molecule has 9 atom stereocenters. The molecule has 0 bridgehead atoms. The molecule has 2 saturated carbocycles. The van der Waals surface area contributed by atoms with Gasteiger partial charge in [0.15, 0.2) is 0 Å². The Balaban J connectivity index is 1.64. The van der Waals surface area contributed by atoms with Crippen molar-refractivity contribution in [2.45, 2.75) is 105 Å². The molecule has 4 N–H and O–H groups in total. The Morgan fingerprint density at radius 2 is 1.70 bits per heavy atom. The minimum absolute atomic E-state index is 0.0474. The topological polar surface area (TPSA) is 80.9 Å². The molecule has 0 unspecified atom stereocenters. The van der Waals surface area contributed by atoms with Gasteiger partial charge in [0, 0.05) is 23.4 Å². The Labute approximate surface area is 200 Å². The molecule has 0 radical (unpaired) electrons. The maximum atomic E-state index is 11.7. The molecular weight excluding hydrogens is 412 g/mol. The second kappa shape index (κ2) is 7.41. The van der Waals surface area contributed by atoms with Crippen LogP contribution < -0.4 is 0 Å². The summed E-state index contributed by atoms with van der Waals surface area (Å²) in [5.74, 6) is 0.873. The summed E-state index contributed by atoms with van der Waals surface area (Å²) in [7, 11) is 0. The lowest BCUT2D eigenvalue weighted by atomic mass is 9.38. The van der Waals surface area contributed by atoms with Crippen LogP contribution in [0.3, 0.4) is 0 Å². The number of rotatable bonds is 2. The maximum absolute atomic E-state index is 11.7. The highest BCUT2D eigenvalue weighted by molar-refractivity contribution is 5.49. The summed E-state index contributed by atoms with van der Waals surface area (Å²) in [5.41, 5.74) is 3.15. The smallest absolute Gasteiger partial charge is 0.0651 e. The van der Waals surface area contributed by atoms with E-state index in [9.17, 15) is 20.4 Å². The number of allylic oxidation sites excluding steroid dienone is 2. The number of fused-ring (bicyclic) bond motifs is 6. The van der Waals surface area contributed by atoms with Gasteiger partial charge in [-0.1, -0.05) is 53.2 Å². The van der Waals surface area contributed by atoms with Gasteiger partial charge in [0.25, 0.3) is 0 Å². The van der Waals surface area contributed by atoms with Crippen molar-refractivity contribution < 1.29 is 20.4 Å². The molecule has 0 aromatic carbocycles. The highest BCUT2D eigenvalue weighted by Gasteiger charge is 2.70. The number of hydrogen-bond donors (Lipinski definition) is 4. The van der Waals surface area contributed by atoms with E-state index in [1.54, 1.807) is 0 Å². The molecular formula is C29H46O4. The van der Waals surface area contributed by atoms with Crippen LogP contribution in [-0.2, 0) is 0 Å². The minimum atomic E-state index is -0.467. The van der Waals surface area contributed by atoms with Crippen molar-refractivity contribution in [3.63, 3.8) is 0 Å². The van der Waals surface area contributed by atoms with Crippen molar-refractivity contribution in [3.05, 3.63) is 22.8 Å². The number of aliphatic hydroxyl groups is 4. The van der Waals surface area contributed by atoms with Crippen molar-refractivity contribution in [1.29, 1.82) is 0 Å². The fraction of sp³-hybridized carbons (Fsp3) is 0.862. The number of hydrogen-bond acceptors (Lipinski definition) is 4. The summed E-state index contributed by atoms with van der Waals surface area (Å²) in [4.78, 5) is 0. The molecule has 0 saturated heterocycles. The van der Waals surface area contributed by atoms with Crippen LogP contribution in [0.1, 0.15) is 86.5 Å². The standard InChI is InChI=1S/C29H46O4/c1-16(2)19-13-22(32)25-28(6)10-9-18-17-7-8-23(33)26(3,4)20(17)14-21(31)24(18)27(28,5)11-12-29(19,25)15-30/h9,16,19,21-25,30-33H,7-8,10-15H2,1-6H3/t19-,21-,22+,23-,24-,25+,27-,28+,29+/m0/s1. The van der Waals surface area contributed by atoms with E-state index in [0.29, 0.717) is 18.3 Å². The summed E-state index contributed by atoms with van der Waals surface area (Å²) in [6, 6.07) is 0. The number of aliphatic hydroxyl groups excluding tert-OH is 4. The highest BCUT2D eigenvalue weighted by atomic mass is 16.3. The summed E-state index contributed by atoms with van der Waals surface area (Å²) in [5, 5.41) is 44.7. The van der Waals surface area contributed by atoms with Crippen LogP contribution in [0.15, 0.2) is 22.8 Å². The predicted molar refractivity (Wildman–Crippen MR) is 130 cm³/mol. The molecule has 0 heterocycles. The average Bonchev–Trinajstić information content (AvgIpc) is 3.06. The van der Waals surface area contributed by atoms with Crippen LogP contribution >= 0.6 is 0 Å². The van der Waals surface area contributed by atoms with Gasteiger partial charge in [-0.15, -0.1) is 0 Å². The van der Waals surface area contributed by atoms with E-state index in [1.807, 2.05) is 0 Å². The van der Waals surface area contributed by atoms with Crippen molar-refractivity contribution in [3.8, 4) is 0 Å². The van der Waals surface area contributed by atoms with Crippen molar-refractivity contribution in [1.82, 2.24) is 0 Å². The lowest BCUT2D eigenvalue weighted by Gasteiger charge is -2.67. The molecule has 0 spiro atoms. The second-order valence-electron chi connectivity index (χ2n) is 13.7. The maximum Gasteiger partial charge on any atom is 0.0651 e. The van der Waals surface area contributed by atoms with Crippen LogP contribution in [0.2, 0.25) is 0 Å². The monoisotopic (exact) mass is 458 g/mol.